The van der Waals surface area contributed by atoms with Crippen molar-refractivity contribution in [3.8, 4) is 0 Å². The summed E-state index contributed by atoms with van der Waals surface area (Å²) in [6.07, 6.45) is 2.84. The Kier molecular flexibility index (Phi) is 7.54. The summed E-state index contributed by atoms with van der Waals surface area (Å²) in [5, 5.41) is 20.6. The average Bonchev–Trinajstić information content (AvgIpc) is 2.32. The standard InChI is InChI=1S/C12H23NO4/c1-3-12(4-2,9-14)13-10(15)7-5-6-8-11(16)17/h14H,3-9H2,1-2H3,(H,13,15)(H,16,17). The Labute approximate surface area is 102 Å². The van der Waals surface area contributed by atoms with Crippen molar-refractivity contribution in [2.45, 2.75) is 57.9 Å². The van der Waals surface area contributed by atoms with Gasteiger partial charge in [-0.2, -0.15) is 0 Å². The molecule has 17 heavy (non-hydrogen) atoms. The van der Waals surface area contributed by atoms with E-state index in [2.05, 4.69) is 5.32 Å². The van der Waals surface area contributed by atoms with Gasteiger partial charge < -0.3 is 15.5 Å². The first kappa shape index (κ1) is 15.9. The lowest BCUT2D eigenvalue weighted by molar-refractivity contribution is -0.137. The molecule has 0 aliphatic carbocycles. The fraction of sp³-hybridized carbons (Fsp3) is 0.833. The lowest BCUT2D eigenvalue weighted by Gasteiger charge is -2.30. The molecule has 0 heterocycles. The highest BCUT2D eigenvalue weighted by atomic mass is 16.4. The van der Waals surface area contributed by atoms with Gasteiger partial charge in [0, 0.05) is 12.8 Å². The molecule has 0 saturated carbocycles. The molecular weight excluding hydrogens is 222 g/mol. The van der Waals surface area contributed by atoms with E-state index >= 15 is 0 Å². The second kappa shape index (κ2) is 8.06. The number of aliphatic hydroxyl groups is 1. The van der Waals surface area contributed by atoms with Crippen molar-refractivity contribution in [1.82, 2.24) is 5.32 Å². The maximum atomic E-state index is 11.6. The highest BCUT2D eigenvalue weighted by Crippen LogP contribution is 2.14. The highest BCUT2D eigenvalue weighted by Gasteiger charge is 2.26. The summed E-state index contributed by atoms with van der Waals surface area (Å²) in [6, 6.07) is 0. The van der Waals surface area contributed by atoms with Crippen LogP contribution in [-0.4, -0.2) is 34.2 Å². The summed E-state index contributed by atoms with van der Waals surface area (Å²) >= 11 is 0. The molecule has 0 unspecified atom stereocenters. The molecule has 1 amide bonds. The van der Waals surface area contributed by atoms with Gasteiger partial charge in [-0.15, -0.1) is 0 Å². The second-order valence-electron chi connectivity index (χ2n) is 4.29. The van der Waals surface area contributed by atoms with Crippen LogP contribution in [0.5, 0.6) is 0 Å². The van der Waals surface area contributed by atoms with Crippen molar-refractivity contribution in [2.75, 3.05) is 6.61 Å². The zero-order valence-corrected chi connectivity index (χ0v) is 10.7. The molecule has 3 N–H and O–H groups in total. The Balaban J connectivity index is 3.95. The molecule has 0 aromatic carbocycles. The van der Waals surface area contributed by atoms with Gasteiger partial charge in [-0.25, -0.2) is 0 Å². The molecule has 0 fully saturated rings. The van der Waals surface area contributed by atoms with Crippen LogP contribution in [0.4, 0.5) is 0 Å². The number of carboxylic acids is 1. The minimum Gasteiger partial charge on any atom is -0.481 e. The minimum absolute atomic E-state index is 0.0686. The summed E-state index contributed by atoms with van der Waals surface area (Å²) in [5.41, 5.74) is -0.524. The zero-order chi connectivity index (χ0) is 13.3. The van der Waals surface area contributed by atoms with Crippen LogP contribution < -0.4 is 5.32 Å². The molecule has 0 aromatic rings. The molecule has 0 atom stereocenters. The summed E-state index contributed by atoms with van der Waals surface area (Å²) in [7, 11) is 0. The second-order valence-corrected chi connectivity index (χ2v) is 4.29. The number of carboxylic acid groups (broad SMARTS) is 1. The van der Waals surface area contributed by atoms with Gasteiger partial charge in [-0.3, -0.25) is 9.59 Å². The lowest BCUT2D eigenvalue weighted by Crippen LogP contribution is -2.50. The van der Waals surface area contributed by atoms with E-state index in [-0.39, 0.29) is 18.9 Å². The minimum atomic E-state index is -0.836. The van der Waals surface area contributed by atoms with E-state index in [0.717, 1.165) is 0 Å². The number of amides is 1. The van der Waals surface area contributed by atoms with E-state index in [4.69, 9.17) is 5.11 Å². The Morgan fingerprint density at radius 1 is 1.12 bits per heavy atom. The third kappa shape index (κ3) is 6.26. The molecule has 0 spiro atoms. The molecule has 100 valence electrons. The van der Waals surface area contributed by atoms with Gasteiger partial charge in [-0.1, -0.05) is 13.8 Å². The van der Waals surface area contributed by atoms with Crippen molar-refractivity contribution in [3.63, 3.8) is 0 Å². The summed E-state index contributed by atoms with van der Waals surface area (Å²) < 4.78 is 0. The number of unbranched alkanes of at least 4 members (excludes halogenated alkanes) is 1. The maximum absolute atomic E-state index is 11.6. The number of hydrogen-bond acceptors (Lipinski definition) is 3. The van der Waals surface area contributed by atoms with Gasteiger partial charge in [0.25, 0.3) is 0 Å². The smallest absolute Gasteiger partial charge is 0.303 e. The normalized spacial score (nSPS) is 11.2. The first-order valence-electron chi connectivity index (χ1n) is 6.13. The van der Waals surface area contributed by atoms with Crippen LogP contribution >= 0.6 is 0 Å². The third-order valence-corrected chi connectivity index (χ3v) is 3.11. The van der Waals surface area contributed by atoms with Gasteiger partial charge >= 0.3 is 5.97 Å². The number of hydrogen-bond donors (Lipinski definition) is 3. The molecule has 0 bridgehead atoms. The number of carbonyl (C=O) groups is 2. The van der Waals surface area contributed by atoms with Crippen molar-refractivity contribution in [2.24, 2.45) is 0 Å². The van der Waals surface area contributed by atoms with Crippen LogP contribution in [-0.2, 0) is 9.59 Å². The fourth-order valence-corrected chi connectivity index (χ4v) is 1.61. The zero-order valence-electron chi connectivity index (χ0n) is 10.7. The third-order valence-electron chi connectivity index (χ3n) is 3.11. The van der Waals surface area contributed by atoms with E-state index < -0.39 is 11.5 Å². The predicted octanol–water partition coefficient (Wildman–Crippen LogP) is 1.30. The molecule has 0 aromatic heterocycles. The monoisotopic (exact) mass is 245 g/mol. The summed E-state index contributed by atoms with van der Waals surface area (Å²) in [6.45, 7) is 3.77. The fourth-order valence-electron chi connectivity index (χ4n) is 1.61. The number of carbonyl (C=O) groups excluding carboxylic acids is 1. The molecule has 0 aliphatic rings. The van der Waals surface area contributed by atoms with Gasteiger partial charge in [0.15, 0.2) is 0 Å². The number of aliphatic carboxylic acids is 1. The molecular formula is C12H23NO4. The summed E-state index contributed by atoms with van der Waals surface area (Å²) in [4.78, 5) is 21.9. The van der Waals surface area contributed by atoms with Crippen LogP contribution in [0.3, 0.4) is 0 Å². The van der Waals surface area contributed by atoms with Crippen molar-refractivity contribution in [3.05, 3.63) is 0 Å². The number of nitrogens with one attached hydrogen (secondary N) is 1. The van der Waals surface area contributed by atoms with Crippen LogP contribution in [0, 0.1) is 0 Å². The maximum Gasteiger partial charge on any atom is 0.303 e. The number of aliphatic hydroxyl groups excluding tert-OH is 1. The molecule has 0 rings (SSSR count). The Morgan fingerprint density at radius 2 is 1.65 bits per heavy atom. The number of rotatable bonds is 9. The van der Waals surface area contributed by atoms with E-state index in [1.165, 1.54) is 0 Å². The summed E-state index contributed by atoms with van der Waals surface area (Å²) in [5.74, 6) is -0.953. The van der Waals surface area contributed by atoms with Crippen LogP contribution in [0.25, 0.3) is 0 Å². The first-order valence-corrected chi connectivity index (χ1v) is 6.13. The Morgan fingerprint density at radius 3 is 2.06 bits per heavy atom. The van der Waals surface area contributed by atoms with Crippen molar-refractivity contribution in [1.29, 1.82) is 0 Å². The first-order chi connectivity index (χ1) is 7.99. The van der Waals surface area contributed by atoms with E-state index in [1.807, 2.05) is 13.8 Å². The Hall–Kier alpha value is -1.10. The molecule has 0 saturated heterocycles. The van der Waals surface area contributed by atoms with Crippen LogP contribution in [0.15, 0.2) is 0 Å². The molecule has 5 heteroatoms. The molecule has 0 radical (unpaired) electrons. The van der Waals surface area contributed by atoms with Gasteiger partial charge in [0.2, 0.25) is 5.91 Å². The van der Waals surface area contributed by atoms with Crippen molar-refractivity contribution < 1.29 is 19.8 Å². The predicted molar refractivity (Wildman–Crippen MR) is 64.6 cm³/mol. The van der Waals surface area contributed by atoms with Gasteiger partial charge in [-0.05, 0) is 25.7 Å². The largest absolute Gasteiger partial charge is 0.481 e. The van der Waals surface area contributed by atoms with Crippen LogP contribution in [0.1, 0.15) is 52.4 Å². The van der Waals surface area contributed by atoms with Crippen LogP contribution in [0.2, 0.25) is 0 Å². The molecule has 5 nitrogen and oxygen atoms in total. The van der Waals surface area contributed by atoms with E-state index in [9.17, 15) is 14.7 Å². The van der Waals surface area contributed by atoms with Gasteiger partial charge in [0.1, 0.15) is 0 Å². The SMILES string of the molecule is CCC(CC)(CO)NC(=O)CCCCC(=O)O. The van der Waals surface area contributed by atoms with E-state index in [0.29, 0.717) is 32.1 Å². The lowest BCUT2D eigenvalue weighted by atomic mass is 9.93. The van der Waals surface area contributed by atoms with Crippen molar-refractivity contribution >= 4 is 11.9 Å². The van der Waals surface area contributed by atoms with E-state index in [1.54, 1.807) is 0 Å². The van der Waals surface area contributed by atoms with Gasteiger partial charge in [0.05, 0.1) is 12.1 Å². The Bertz CT molecular complexity index is 241. The topological polar surface area (TPSA) is 86.6 Å². The average molecular weight is 245 g/mol. The molecule has 0 aliphatic heterocycles. The quantitative estimate of drug-likeness (QED) is 0.534. The highest BCUT2D eigenvalue weighted by molar-refractivity contribution is 5.76.